The summed E-state index contributed by atoms with van der Waals surface area (Å²) in [5, 5.41) is 3.58. The highest BCUT2D eigenvalue weighted by atomic mass is 15.0. The maximum atomic E-state index is 4.13. The highest BCUT2D eigenvalue weighted by molar-refractivity contribution is 4.97. The summed E-state index contributed by atoms with van der Waals surface area (Å²) in [5.41, 5.74) is 1.79. The average Bonchev–Trinajstić information content (AvgIpc) is 2.65. The molecule has 0 aliphatic heterocycles. The molecule has 0 radical (unpaired) electrons. The fraction of sp³-hybridized carbons (Fsp3) is 0.769. The number of hydrogen-bond donors (Lipinski definition) is 1. The highest BCUT2D eigenvalue weighted by Crippen LogP contribution is 2.34. The number of nitrogens with one attached hydrogen (secondary N) is 1. The molecule has 1 aromatic rings. The van der Waals surface area contributed by atoms with Gasteiger partial charge in [-0.05, 0) is 18.3 Å². The molecule has 90 valence electrons. The number of aryl methyl sites for hydroxylation is 1. The molecule has 0 spiro atoms. The number of rotatable bonds is 4. The van der Waals surface area contributed by atoms with E-state index in [0.717, 1.165) is 13.1 Å². The molecule has 2 rings (SSSR count). The van der Waals surface area contributed by atoms with Gasteiger partial charge in [0, 0.05) is 26.3 Å². The van der Waals surface area contributed by atoms with Crippen LogP contribution in [0.3, 0.4) is 0 Å². The number of imidazole rings is 1. The molecule has 0 atom stereocenters. The van der Waals surface area contributed by atoms with Gasteiger partial charge in [0.05, 0.1) is 12.0 Å². The monoisotopic (exact) mass is 221 g/mol. The normalized spacial score (nSPS) is 19.9. The van der Waals surface area contributed by atoms with Crippen molar-refractivity contribution >= 4 is 0 Å². The minimum Gasteiger partial charge on any atom is -0.337 e. The van der Waals surface area contributed by atoms with E-state index < -0.39 is 0 Å². The quantitative estimate of drug-likeness (QED) is 0.846. The zero-order chi connectivity index (χ0) is 11.4. The van der Waals surface area contributed by atoms with E-state index in [9.17, 15) is 0 Å². The Bertz CT molecular complexity index is 324. The molecule has 1 aliphatic carbocycles. The van der Waals surface area contributed by atoms with Crippen LogP contribution in [-0.2, 0) is 13.6 Å². The van der Waals surface area contributed by atoms with Crippen molar-refractivity contribution in [3.8, 4) is 0 Å². The lowest BCUT2D eigenvalue weighted by atomic mass is 9.76. The Morgan fingerprint density at radius 3 is 2.75 bits per heavy atom. The van der Waals surface area contributed by atoms with E-state index in [2.05, 4.69) is 21.8 Å². The molecule has 1 aromatic heterocycles. The third-order valence-corrected chi connectivity index (χ3v) is 3.84. The Balaban J connectivity index is 1.77. The van der Waals surface area contributed by atoms with Gasteiger partial charge in [-0.1, -0.05) is 26.2 Å². The van der Waals surface area contributed by atoms with E-state index >= 15 is 0 Å². The Kier molecular flexibility index (Phi) is 3.64. The first-order valence-electron chi connectivity index (χ1n) is 6.36. The van der Waals surface area contributed by atoms with Crippen molar-refractivity contribution in [2.75, 3.05) is 6.54 Å². The SMILES string of the molecule is Cn1cncc1CNCC1(C)CCCCC1. The largest absolute Gasteiger partial charge is 0.337 e. The Hall–Kier alpha value is -0.830. The molecule has 16 heavy (non-hydrogen) atoms. The molecule has 3 nitrogen and oxygen atoms in total. The molecular weight excluding hydrogens is 198 g/mol. The molecule has 3 heteroatoms. The first-order chi connectivity index (χ1) is 7.70. The third-order valence-electron chi connectivity index (χ3n) is 3.84. The van der Waals surface area contributed by atoms with Crippen LogP contribution in [0.2, 0.25) is 0 Å². The van der Waals surface area contributed by atoms with Crippen molar-refractivity contribution in [1.29, 1.82) is 0 Å². The molecule has 0 unspecified atom stereocenters. The van der Waals surface area contributed by atoms with Crippen LogP contribution in [0.5, 0.6) is 0 Å². The lowest BCUT2D eigenvalue weighted by Gasteiger charge is -2.33. The number of nitrogens with zero attached hydrogens (tertiary/aromatic N) is 2. The van der Waals surface area contributed by atoms with Gasteiger partial charge in [-0.3, -0.25) is 0 Å². The van der Waals surface area contributed by atoms with E-state index in [1.54, 1.807) is 0 Å². The van der Waals surface area contributed by atoms with Gasteiger partial charge in [-0.2, -0.15) is 0 Å². The first kappa shape index (κ1) is 11.6. The van der Waals surface area contributed by atoms with Gasteiger partial charge >= 0.3 is 0 Å². The minimum atomic E-state index is 0.525. The van der Waals surface area contributed by atoms with Crippen LogP contribution in [0.25, 0.3) is 0 Å². The lowest BCUT2D eigenvalue weighted by Crippen LogP contribution is -2.33. The molecule has 0 bridgehead atoms. The van der Waals surface area contributed by atoms with Crippen LogP contribution < -0.4 is 5.32 Å². The second-order valence-corrected chi connectivity index (χ2v) is 5.47. The second-order valence-electron chi connectivity index (χ2n) is 5.47. The van der Waals surface area contributed by atoms with Crippen molar-refractivity contribution in [2.24, 2.45) is 12.5 Å². The lowest BCUT2D eigenvalue weighted by molar-refractivity contribution is 0.207. The fourth-order valence-electron chi connectivity index (χ4n) is 2.63. The molecule has 1 N–H and O–H groups in total. The van der Waals surface area contributed by atoms with Crippen LogP contribution in [0.15, 0.2) is 12.5 Å². The van der Waals surface area contributed by atoms with Crippen molar-refractivity contribution in [3.05, 3.63) is 18.2 Å². The summed E-state index contributed by atoms with van der Waals surface area (Å²) >= 11 is 0. The summed E-state index contributed by atoms with van der Waals surface area (Å²) in [6.07, 6.45) is 10.8. The summed E-state index contributed by atoms with van der Waals surface area (Å²) in [6.45, 7) is 4.49. The van der Waals surface area contributed by atoms with Crippen LogP contribution in [-0.4, -0.2) is 16.1 Å². The number of hydrogen-bond acceptors (Lipinski definition) is 2. The molecular formula is C13H23N3. The Labute approximate surface area is 98.3 Å². The molecule has 0 saturated heterocycles. The standard InChI is InChI=1S/C13H23N3/c1-13(6-4-3-5-7-13)10-14-8-12-9-15-11-16(12)2/h9,11,14H,3-8,10H2,1-2H3. The zero-order valence-electron chi connectivity index (χ0n) is 10.5. The highest BCUT2D eigenvalue weighted by Gasteiger charge is 2.25. The fourth-order valence-corrected chi connectivity index (χ4v) is 2.63. The van der Waals surface area contributed by atoms with Crippen LogP contribution in [0, 0.1) is 5.41 Å². The van der Waals surface area contributed by atoms with Gasteiger partial charge in [0.15, 0.2) is 0 Å². The predicted molar refractivity (Wildman–Crippen MR) is 66.1 cm³/mol. The summed E-state index contributed by atoms with van der Waals surface area (Å²) in [6, 6.07) is 0. The summed E-state index contributed by atoms with van der Waals surface area (Å²) in [7, 11) is 2.05. The van der Waals surface area contributed by atoms with Crippen LogP contribution in [0.4, 0.5) is 0 Å². The molecule has 1 fully saturated rings. The maximum absolute atomic E-state index is 4.13. The topological polar surface area (TPSA) is 29.9 Å². The molecule has 1 saturated carbocycles. The van der Waals surface area contributed by atoms with Gasteiger partial charge in [0.1, 0.15) is 0 Å². The van der Waals surface area contributed by atoms with Crippen LogP contribution >= 0.6 is 0 Å². The Morgan fingerprint density at radius 2 is 2.12 bits per heavy atom. The van der Waals surface area contributed by atoms with E-state index in [1.165, 1.54) is 37.8 Å². The summed E-state index contributed by atoms with van der Waals surface area (Å²) in [5.74, 6) is 0. The summed E-state index contributed by atoms with van der Waals surface area (Å²) in [4.78, 5) is 4.13. The van der Waals surface area contributed by atoms with Crippen LogP contribution in [0.1, 0.15) is 44.7 Å². The van der Waals surface area contributed by atoms with Crippen molar-refractivity contribution < 1.29 is 0 Å². The smallest absolute Gasteiger partial charge is 0.0945 e. The minimum absolute atomic E-state index is 0.525. The molecule has 0 aromatic carbocycles. The second kappa shape index (κ2) is 5.00. The van der Waals surface area contributed by atoms with E-state index in [0.29, 0.717) is 5.41 Å². The van der Waals surface area contributed by atoms with Gasteiger partial charge in [0.25, 0.3) is 0 Å². The average molecular weight is 221 g/mol. The van der Waals surface area contributed by atoms with Crippen molar-refractivity contribution in [3.63, 3.8) is 0 Å². The van der Waals surface area contributed by atoms with Gasteiger partial charge < -0.3 is 9.88 Å². The predicted octanol–water partition coefficient (Wildman–Crippen LogP) is 2.48. The third kappa shape index (κ3) is 2.85. The molecule has 0 amide bonds. The van der Waals surface area contributed by atoms with E-state index in [4.69, 9.17) is 0 Å². The Morgan fingerprint density at radius 1 is 1.38 bits per heavy atom. The molecule has 1 heterocycles. The van der Waals surface area contributed by atoms with E-state index in [-0.39, 0.29) is 0 Å². The maximum Gasteiger partial charge on any atom is 0.0945 e. The first-order valence-corrected chi connectivity index (χ1v) is 6.36. The van der Waals surface area contributed by atoms with E-state index in [1.807, 2.05) is 19.6 Å². The van der Waals surface area contributed by atoms with Crippen molar-refractivity contribution in [2.45, 2.75) is 45.6 Å². The van der Waals surface area contributed by atoms with Gasteiger partial charge in [-0.25, -0.2) is 4.98 Å². The zero-order valence-corrected chi connectivity index (χ0v) is 10.5. The van der Waals surface area contributed by atoms with Gasteiger partial charge in [0.2, 0.25) is 0 Å². The number of aromatic nitrogens is 2. The van der Waals surface area contributed by atoms with Gasteiger partial charge in [-0.15, -0.1) is 0 Å². The van der Waals surface area contributed by atoms with Crippen molar-refractivity contribution in [1.82, 2.24) is 14.9 Å². The summed E-state index contributed by atoms with van der Waals surface area (Å²) < 4.78 is 2.08. The molecule has 1 aliphatic rings.